The standard InChI is InChI=1S/C11H11ClN2/c1-9(10-5-3-2-4-6-10)14-7-11(12)13-8-14/h2-9H,1H3/t9-/m0/s1. The van der Waals surface area contributed by atoms with Gasteiger partial charge in [0.15, 0.2) is 0 Å². The van der Waals surface area contributed by atoms with Gasteiger partial charge in [-0.1, -0.05) is 41.9 Å². The summed E-state index contributed by atoms with van der Waals surface area (Å²) >= 11 is 5.76. The lowest BCUT2D eigenvalue weighted by Crippen LogP contribution is -2.03. The first-order valence-corrected chi connectivity index (χ1v) is 4.89. The Bertz CT molecular complexity index is 408. The van der Waals surface area contributed by atoms with E-state index in [2.05, 4.69) is 24.0 Å². The van der Waals surface area contributed by atoms with Crippen molar-refractivity contribution in [3.63, 3.8) is 0 Å². The summed E-state index contributed by atoms with van der Waals surface area (Å²) in [6, 6.07) is 10.5. The number of benzene rings is 1. The molecule has 2 aromatic rings. The predicted molar refractivity (Wildman–Crippen MR) is 57.5 cm³/mol. The van der Waals surface area contributed by atoms with E-state index in [0.717, 1.165) is 0 Å². The summed E-state index contributed by atoms with van der Waals surface area (Å²) in [5, 5.41) is 0.535. The van der Waals surface area contributed by atoms with Gasteiger partial charge < -0.3 is 4.57 Å². The lowest BCUT2D eigenvalue weighted by molar-refractivity contribution is 0.638. The van der Waals surface area contributed by atoms with E-state index in [1.807, 2.05) is 29.0 Å². The van der Waals surface area contributed by atoms with E-state index in [1.54, 1.807) is 6.33 Å². The second-order valence-electron chi connectivity index (χ2n) is 3.23. The summed E-state index contributed by atoms with van der Waals surface area (Å²) in [5.74, 6) is 0. The predicted octanol–water partition coefficient (Wildman–Crippen LogP) is 3.15. The molecule has 2 nitrogen and oxygen atoms in total. The largest absolute Gasteiger partial charge is 0.329 e. The number of imidazole rings is 1. The molecule has 0 N–H and O–H groups in total. The van der Waals surface area contributed by atoms with E-state index in [0.29, 0.717) is 5.15 Å². The molecule has 0 aliphatic carbocycles. The summed E-state index contributed by atoms with van der Waals surface area (Å²) in [7, 11) is 0. The Kier molecular flexibility index (Phi) is 2.55. The molecule has 1 heterocycles. The van der Waals surface area contributed by atoms with Crippen LogP contribution in [-0.2, 0) is 0 Å². The first kappa shape index (κ1) is 9.28. The number of hydrogen-bond donors (Lipinski definition) is 0. The fraction of sp³-hybridized carbons (Fsp3) is 0.182. The zero-order chi connectivity index (χ0) is 9.97. The minimum absolute atomic E-state index is 0.274. The molecule has 3 heteroatoms. The highest BCUT2D eigenvalue weighted by Crippen LogP contribution is 2.18. The second-order valence-corrected chi connectivity index (χ2v) is 3.62. The molecule has 72 valence electrons. The minimum atomic E-state index is 0.274. The Morgan fingerprint density at radius 3 is 2.57 bits per heavy atom. The van der Waals surface area contributed by atoms with Crippen molar-refractivity contribution >= 4 is 11.6 Å². The van der Waals surface area contributed by atoms with Crippen molar-refractivity contribution in [2.75, 3.05) is 0 Å². The van der Waals surface area contributed by atoms with Crippen LogP contribution in [0.2, 0.25) is 5.15 Å². The van der Waals surface area contributed by atoms with E-state index < -0.39 is 0 Å². The highest BCUT2D eigenvalue weighted by atomic mass is 35.5. The summed E-state index contributed by atoms with van der Waals surface area (Å²) in [4.78, 5) is 3.99. The molecule has 0 aliphatic rings. The molecule has 1 atom stereocenters. The van der Waals surface area contributed by atoms with E-state index in [-0.39, 0.29) is 6.04 Å². The second kappa shape index (κ2) is 3.84. The van der Waals surface area contributed by atoms with Gasteiger partial charge in [0.05, 0.1) is 12.4 Å². The molecule has 0 fully saturated rings. The van der Waals surface area contributed by atoms with Crippen LogP contribution < -0.4 is 0 Å². The molecule has 0 radical (unpaired) electrons. The molecule has 0 saturated heterocycles. The van der Waals surface area contributed by atoms with Gasteiger partial charge in [-0.3, -0.25) is 0 Å². The van der Waals surface area contributed by atoms with E-state index in [1.165, 1.54) is 5.56 Å². The van der Waals surface area contributed by atoms with Gasteiger partial charge in [-0.25, -0.2) is 4.98 Å². The Morgan fingerprint density at radius 2 is 2.00 bits per heavy atom. The molecule has 1 aromatic heterocycles. The molecular weight excluding hydrogens is 196 g/mol. The topological polar surface area (TPSA) is 17.8 Å². The van der Waals surface area contributed by atoms with Crippen molar-refractivity contribution in [2.45, 2.75) is 13.0 Å². The van der Waals surface area contributed by atoms with Gasteiger partial charge in [-0.05, 0) is 12.5 Å². The van der Waals surface area contributed by atoms with Gasteiger partial charge in [-0.2, -0.15) is 0 Å². The Hall–Kier alpha value is -1.28. The minimum Gasteiger partial charge on any atom is -0.329 e. The van der Waals surface area contributed by atoms with Gasteiger partial charge in [0.25, 0.3) is 0 Å². The summed E-state index contributed by atoms with van der Waals surface area (Å²) in [6.07, 6.45) is 3.58. The fourth-order valence-electron chi connectivity index (χ4n) is 1.43. The van der Waals surface area contributed by atoms with Gasteiger partial charge in [-0.15, -0.1) is 0 Å². The molecule has 14 heavy (non-hydrogen) atoms. The van der Waals surface area contributed by atoms with Crippen LogP contribution in [0.1, 0.15) is 18.5 Å². The third kappa shape index (κ3) is 1.80. The molecule has 0 amide bonds. The SMILES string of the molecule is C[C@@H](c1ccccc1)n1cnc(Cl)c1. The Balaban J connectivity index is 2.29. The van der Waals surface area contributed by atoms with Gasteiger partial charge in [0.2, 0.25) is 0 Å². The molecule has 0 aliphatic heterocycles. The van der Waals surface area contributed by atoms with Crippen LogP contribution in [-0.4, -0.2) is 9.55 Å². The number of aromatic nitrogens is 2. The smallest absolute Gasteiger partial charge is 0.147 e. The number of rotatable bonds is 2. The monoisotopic (exact) mass is 206 g/mol. The lowest BCUT2D eigenvalue weighted by atomic mass is 10.1. The van der Waals surface area contributed by atoms with Gasteiger partial charge in [0.1, 0.15) is 5.15 Å². The van der Waals surface area contributed by atoms with Crippen molar-refractivity contribution in [3.8, 4) is 0 Å². The van der Waals surface area contributed by atoms with E-state index >= 15 is 0 Å². The first-order valence-electron chi connectivity index (χ1n) is 4.51. The van der Waals surface area contributed by atoms with E-state index in [4.69, 9.17) is 11.6 Å². The van der Waals surface area contributed by atoms with Crippen molar-refractivity contribution in [2.24, 2.45) is 0 Å². The van der Waals surface area contributed by atoms with Gasteiger partial charge >= 0.3 is 0 Å². The average molecular weight is 207 g/mol. The van der Waals surface area contributed by atoms with Crippen LogP contribution in [0.4, 0.5) is 0 Å². The molecule has 0 bridgehead atoms. The molecule has 0 unspecified atom stereocenters. The summed E-state index contributed by atoms with van der Waals surface area (Å²) in [6.45, 7) is 2.12. The summed E-state index contributed by atoms with van der Waals surface area (Å²) < 4.78 is 2.00. The quantitative estimate of drug-likeness (QED) is 0.738. The first-order chi connectivity index (χ1) is 6.77. The highest BCUT2D eigenvalue weighted by Gasteiger charge is 2.06. The molecule has 2 rings (SSSR count). The van der Waals surface area contributed by atoms with Crippen LogP contribution in [0.15, 0.2) is 42.9 Å². The number of nitrogens with zero attached hydrogens (tertiary/aromatic N) is 2. The van der Waals surface area contributed by atoms with E-state index in [9.17, 15) is 0 Å². The van der Waals surface area contributed by atoms with Gasteiger partial charge in [0, 0.05) is 6.20 Å². The third-order valence-corrected chi connectivity index (χ3v) is 2.49. The highest BCUT2D eigenvalue weighted by molar-refractivity contribution is 6.29. The Labute approximate surface area is 88.2 Å². The van der Waals surface area contributed by atoms with Crippen LogP contribution in [0.3, 0.4) is 0 Å². The zero-order valence-electron chi connectivity index (χ0n) is 7.89. The maximum atomic E-state index is 5.76. The Morgan fingerprint density at radius 1 is 1.29 bits per heavy atom. The molecule has 0 saturated carbocycles. The van der Waals surface area contributed by atoms with Crippen LogP contribution in [0.5, 0.6) is 0 Å². The van der Waals surface area contributed by atoms with Crippen molar-refractivity contribution in [1.29, 1.82) is 0 Å². The van der Waals surface area contributed by atoms with Crippen molar-refractivity contribution in [1.82, 2.24) is 9.55 Å². The maximum Gasteiger partial charge on any atom is 0.147 e. The zero-order valence-corrected chi connectivity index (χ0v) is 8.65. The van der Waals surface area contributed by atoms with Crippen LogP contribution in [0.25, 0.3) is 0 Å². The lowest BCUT2D eigenvalue weighted by Gasteiger charge is -2.12. The van der Waals surface area contributed by atoms with Crippen LogP contribution >= 0.6 is 11.6 Å². The van der Waals surface area contributed by atoms with Crippen LogP contribution in [0, 0.1) is 0 Å². The maximum absolute atomic E-state index is 5.76. The third-order valence-electron chi connectivity index (χ3n) is 2.30. The average Bonchev–Trinajstić information content (AvgIpc) is 2.65. The summed E-state index contributed by atoms with van der Waals surface area (Å²) in [5.41, 5.74) is 1.25. The van der Waals surface area contributed by atoms with Crippen molar-refractivity contribution in [3.05, 3.63) is 53.6 Å². The normalized spacial score (nSPS) is 12.7. The molecular formula is C11H11ClN2. The van der Waals surface area contributed by atoms with Crippen molar-refractivity contribution < 1.29 is 0 Å². The number of halogens is 1. The fourth-order valence-corrected chi connectivity index (χ4v) is 1.58. The molecule has 0 spiro atoms. The number of hydrogen-bond acceptors (Lipinski definition) is 1. The molecule has 1 aromatic carbocycles.